The van der Waals surface area contributed by atoms with Crippen LogP contribution in [-0.4, -0.2) is 9.13 Å². The maximum atomic E-state index is 10.2. The van der Waals surface area contributed by atoms with Crippen LogP contribution in [0.2, 0.25) is 0 Å². The molecule has 0 saturated carbocycles. The summed E-state index contributed by atoms with van der Waals surface area (Å²) < 4.78 is 583. The summed E-state index contributed by atoms with van der Waals surface area (Å²) in [6.07, 6.45) is 0. The fourth-order valence-corrected chi connectivity index (χ4v) is 12.1. The van der Waals surface area contributed by atoms with Gasteiger partial charge in [-0.2, -0.15) is 0 Å². The smallest absolute Gasteiger partial charge is 0.0652 e. The highest BCUT2D eigenvalue weighted by atomic mass is 15.1. The van der Waals surface area contributed by atoms with E-state index >= 15 is 0 Å². The predicted octanol–water partition coefficient (Wildman–Crippen LogP) is 29.8. The number of para-hydroxylation sites is 4. The second-order valence-electron chi connectivity index (χ2n) is 23.4. The zero-order valence-corrected chi connectivity index (χ0v) is 56.7. The molecule has 0 aliphatic heterocycles. The number of hydrogen-bond acceptors (Lipinski definition) is 2. The summed E-state index contributed by atoms with van der Waals surface area (Å²) in [5.41, 5.74) is -22.0. The Bertz CT molecular complexity index is 10600. The van der Waals surface area contributed by atoms with Crippen molar-refractivity contribution in [3.8, 4) is 100 Å². The molecule has 0 amide bonds. The molecule has 0 atom stereocenters. The summed E-state index contributed by atoms with van der Waals surface area (Å²) in [5.74, 6) is 0. The van der Waals surface area contributed by atoms with Crippen molar-refractivity contribution in [2.75, 3.05) is 9.80 Å². The van der Waals surface area contributed by atoms with E-state index in [0.717, 1.165) is 11.2 Å². The first-order valence-corrected chi connectivity index (χ1v) is 33.2. The van der Waals surface area contributed by atoms with Crippen molar-refractivity contribution in [3.05, 3.63) is 460 Å². The molecule has 2 aromatic heterocycles. The average molecular weight is 1490 g/mol. The number of nitrogens with zero attached hydrogens (tertiary/aromatic N) is 4. The number of hydrogen-bond donors (Lipinski definition) is 0. The van der Waals surface area contributed by atoms with Crippen LogP contribution in [0.3, 0.4) is 0 Å². The van der Waals surface area contributed by atoms with Gasteiger partial charge in [0.25, 0.3) is 0 Å². The lowest BCUT2D eigenvalue weighted by Crippen LogP contribution is -2.10. The minimum Gasteiger partial charge on any atom is -0.310 e. The molecule has 0 aliphatic rings. The predicted molar refractivity (Wildman–Crippen MR) is 474 cm³/mol. The Labute approximate surface area is 743 Å². The molecule has 0 saturated heterocycles. The van der Waals surface area contributed by atoms with Crippen molar-refractivity contribution in [2.45, 2.75) is 0 Å². The molecule has 0 spiro atoms. The normalized spacial score (nSPS) is 19.2. The SMILES string of the molecule is [2H]c1c([2H])c([2H])c(-c2c([2H])c([2H])c(N(c3c([2H])c([2H])c([2H])c(-c4c([2H])c([2H])c5c(c4[2H])c4c([2H])c([2H])c([2H])c([2H])c4n5-c4c([2H])c([2H])c([2H])c([2H])c4[2H])c3[2H])c3c([2H])c([2H])c(-c4c([2H])c([2H])c([2H])c([2H])c4[2H])c(-c4c([2H])c([2H])c([2H])c([2H])c4[2H])c3[2H])c([2H])c2[2H])c([2H])c1[2H].[2H]c1c([2H])c([2H])c(-c2c([2H])c([2H])c(N(c3c([2H])c([2H])c([2H])c(-c4ccc5c(c4)c4ccccc4n5-c4ccccc4)c3[2H])c3c([2H])c([2H])c(-c4c([2H])c([2H])c([2H])c([2H])c4[2H])c(-c4c([2H])c([2H])c([2H])c([2H])c4[2H])c3[2H])c([2H])c2[2H])c([2H])c1[2H]. The van der Waals surface area contributed by atoms with E-state index in [1.165, 1.54) is 6.07 Å². The van der Waals surface area contributed by atoms with Gasteiger partial charge in [0, 0.05) is 67.0 Å². The highest BCUT2D eigenvalue weighted by Crippen LogP contribution is 2.46. The molecule has 0 aliphatic carbocycles. The third-order valence-electron chi connectivity index (χ3n) is 17.0. The molecule has 2 heterocycles. The fourth-order valence-electron chi connectivity index (χ4n) is 12.1. The van der Waals surface area contributed by atoms with Crippen LogP contribution >= 0.6 is 0 Å². The number of rotatable bonds is 16. The number of aromatic nitrogens is 2. The fraction of sp³-hybridized carbons (Fsp3) is 0. The van der Waals surface area contributed by atoms with Crippen LogP contribution in [0.15, 0.2) is 460 Å². The Kier molecular flexibility index (Phi) is 7.60. The molecular formula is C108H76N4. The molecule has 4 heteroatoms. The number of anilines is 6. The van der Waals surface area contributed by atoms with Gasteiger partial charge < -0.3 is 18.9 Å². The van der Waals surface area contributed by atoms with Crippen molar-refractivity contribution in [3.63, 3.8) is 0 Å². The van der Waals surface area contributed by atoms with Gasteiger partial charge in [-0.25, -0.2) is 0 Å². The van der Waals surface area contributed by atoms with E-state index in [0.29, 0.717) is 25.8 Å². The van der Waals surface area contributed by atoms with E-state index in [1.54, 1.807) is 18.2 Å². The van der Waals surface area contributed by atoms with Gasteiger partial charge in [-0.3, -0.25) is 0 Å². The Morgan fingerprint density at radius 1 is 0.179 bits per heavy atom. The van der Waals surface area contributed by atoms with Gasteiger partial charge in [0.05, 0.1) is 110 Å². The van der Waals surface area contributed by atoms with E-state index < -0.39 is 532 Å². The molecule has 4 nitrogen and oxygen atoms in total. The van der Waals surface area contributed by atoms with Crippen LogP contribution in [0, 0.1) is 0 Å². The van der Waals surface area contributed by atoms with Crippen LogP contribution in [0.1, 0.15) is 87.7 Å². The van der Waals surface area contributed by atoms with Crippen molar-refractivity contribution >= 4 is 77.7 Å². The van der Waals surface area contributed by atoms with Crippen molar-refractivity contribution in [1.29, 1.82) is 0 Å². The third-order valence-corrected chi connectivity index (χ3v) is 17.0. The number of benzene rings is 18. The lowest BCUT2D eigenvalue weighted by atomic mass is 9.93. The number of fused-ring (bicyclic) bond motifs is 6. The summed E-state index contributed by atoms with van der Waals surface area (Å²) in [7, 11) is 0. The van der Waals surface area contributed by atoms with Crippen LogP contribution in [0.4, 0.5) is 34.1 Å². The maximum Gasteiger partial charge on any atom is 0.0652 e. The van der Waals surface area contributed by atoms with Crippen LogP contribution in [-0.2, 0) is 0 Å². The van der Waals surface area contributed by atoms with Gasteiger partial charge in [0.15, 0.2) is 0 Å². The monoisotopic (exact) mass is 1490 g/mol. The first kappa shape index (κ1) is 28.0. The molecule has 528 valence electrons. The Morgan fingerprint density at radius 2 is 0.545 bits per heavy atom. The molecule has 112 heavy (non-hydrogen) atoms. The molecule has 0 N–H and O–H groups in total. The third kappa shape index (κ3) is 13.4. The van der Waals surface area contributed by atoms with Gasteiger partial charge in [0.2, 0.25) is 0 Å². The van der Waals surface area contributed by atoms with Gasteiger partial charge in [-0.15, -0.1) is 0 Å². The summed E-state index contributed by atoms with van der Waals surface area (Å²) in [4.78, 5) is 0.616. The Hall–Kier alpha value is -14.8. The quantitative estimate of drug-likeness (QED) is 0.0959. The molecule has 20 rings (SSSR count). The minimum atomic E-state index is -1.48. The Balaban J connectivity index is 0.000000216. The van der Waals surface area contributed by atoms with E-state index in [4.69, 9.17) is 53.5 Å². The first-order valence-electron chi connectivity index (χ1n) is 65.2. The van der Waals surface area contributed by atoms with Crippen LogP contribution in [0.5, 0.6) is 0 Å². The molecule has 0 radical (unpaired) electrons. The van der Waals surface area contributed by atoms with E-state index in [1.807, 2.05) is 53.1 Å². The molecule has 0 unspecified atom stereocenters. The van der Waals surface area contributed by atoms with Crippen molar-refractivity contribution < 1.29 is 87.7 Å². The van der Waals surface area contributed by atoms with E-state index in [2.05, 4.69) is 0 Å². The topological polar surface area (TPSA) is 16.3 Å². The van der Waals surface area contributed by atoms with Gasteiger partial charge in [-0.05, 0) is 222 Å². The zero-order valence-electron chi connectivity index (χ0n) is 121. The highest BCUT2D eigenvalue weighted by Gasteiger charge is 2.22. The second-order valence-corrected chi connectivity index (χ2v) is 23.4. The summed E-state index contributed by atoms with van der Waals surface area (Å²) >= 11 is 0. The molecule has 0 fully saturated rings. The standard InChI is InChI=1S/2C54H38N2/c2*1-5-16-39(17-6-1)40-28-31-46(32-29-40)55(48-33-34-49(41-18-7-2-8-19-41)51(38-48)42-20-9-3-10-21-42)47-25-15-22-43(36-47)44-30-35-54-52(37-44)50-26-13-14-27-53(50)56(54)45-23-11-4-12-24-45/h2*1-38H/i1D,2D,3D,4D,5D,6D,7D,8D,9D,10D,11D,12D,13D,14D,15D,16D,17D,18D,19D,20D,21D,22D,23D,24D,25D,26D,27D,28D,29D,30D,31D,32D,33D,34D,35D,36D,37D,38D;1D,2D,3D,5D,6D,7D,8D,9D,10D,15D,16D,17D,18D,19D,20D,21D,22D,25D,28D,29D,31D,32D,33D,34D,36D,38D. The summed E-state index contributed by atoms with van der Waals surface area (Å²) in [6.45, 7) is 0. The summed E-state index contributed by atoms with van der Waals surface area (Å²) in [6, 6.07) is -49.8. The van der Waals surface area contributed by atoms with Crippen molar-refractivity contribution in [1.82, 2.24) is 9.13 Å². The van der Waals surface area contributed by atoms with Gasteiger partial charge >= 0.3 is 0 Å². The first-order chi connectivity index (χ1) is 82.2. The minimum absolute atomic E-state index is 0.0685. The Morgan fingerprint density at radius 3 is 1.06 bits per heavy atom. The highest BCUT2D eigenvalue weighted by molar-refractivity contribution is 6.12. The van der Waals surface area contributed by atoms with Crippen molar-refractivity contribution in [2.24, 2.45) is 0 Å². The van der Waals surface area contributed by atoms with Crippen LogP contribution in [0.25, 0.3) is 144 Å². The lowest BCUT2D eigenvalue weighted by Gasteiger charge is -2.27. The second kappa shape index (κ2) is 30.4. The summed E-state index contributed by atoms with van der Waals surface area (Å²) in [5, 5.41) is -0.239. The maximum absolute atomic E-state index is 10.2. The van der Waals surface area contributed by atoms with Gasteiger partial charge in [0.1, 0.15) is 0 Å². The molecule has 20 aromatic rings. The molecule has 18 aromatic carbocycles. The lowest BCUT2D eigenvalue weighted by molar-refractivity contribution is 1.18. The van der Waals surface area contributed by atoms with Gasteiger partial charge in [-0.1, -0.05) is 326 Å². The van der Waals surface area contributed by atoms with E-state index in [9.17, 15) is 34.3 Å². The zero-order chi connectivity index (χ0) is 130. The van der Waals surface area contributed by atoms with E-state index in [-0.39, 0.29) is 10.5 Å². The molecule has 0 bridgehead atoms. The molecular weight excluding hydrogens is 1350 g/mol. The average Bonchev–Trinajstić information content (AvgIpc) is 1.58. The largest absolute Gasteiger partial charge is 0.310 e. The van der Waals surface area contributed by atoms with Crippen LogP contribution < -0.4 is 9.80 Å².